The second-order valence-electron chi connectivity index (χ2n) is 6.59. The van der Waals surface area contributed by atoms with Crippen molar-refractivity contribution in [2.75, 3.05) is 19.8 Å². The van der Waals surface area contributed by atoms with Crippen molar-refractivity contribution >= 4 is 23.6 Å². The summed E-state index contributed by atoms with van der Waals surface area (Å²) in [6, 6.07) is 9.87. The molecule has 2 aliphatic rings. The number of carbonyl (C=O) groups excluding carboxylic acids is 4. The van der Waals surface area contributed by atoms with E-state index >= 15 is 0 Å². The Morgan fingerprint density at radius 2 is 1.62 bits per heavy atom. The third kappa shape index (κ3) is 3.33. The Morgan fingerprint density at radius 3 is 2.28 bits per heavy atom. The van der Waals surface area contributed by atoms with Gasteiger partial charge in [-0.25, -0.2) is 4.79 Å². The lowest BCUT2D eigenvalue weighted by Crippen LogP contribution is -2.44. The monoisotopic (exact) mass is 395 g/mol. The molecule has 1 unspecified atom stereocenters. The van der Waals surface area contributed by atoms with Crippen molar-refractivity contribution in [3.8, 4) is 11.5 Å². The highest BCUT2D eigenvalue weighted by Gasteiger charge is 2.41. The number of benzene rings is 2. The molecule has 0 fully saturated rings. The van der Waals surface area contributed by atoms with Crippen molar-refractivity contribution in [2.24, 2.45) is 0 Å². The van der Waals surface area contributed by atoms with Crippen molar-refractivity contribution in [2.45, 2.75) is 13.0 Å². The summed E-state index contributed by atoms with van der Waals surface area (Å²) in [4.78, 5) is 50.5. The molecule has 4 rings (SSSR count). The molecule has 8 nitrogen and oxygen atoms in total. The Bertz CT molecular complexity index is 994. The van der Waals surface area contributed by atoms with Gasteiger partial charge in [0.05, 0.1) is 11.1 Å². The number of ether oxygens (including phenoxy) is 3. The second-order valence-corrected chi connectivity index (χ2v) is 6.59. The van der Waals surface area contributed by atoms with E-state index in [1.807, 2.05) is 0 Å². The van der Waals surface area contributed by atoms with Crippen LogP contribution in [0.25, 0.3) is 0 Å². The molecule has 2 aliphatic heterocycles. The predicted molar refractivity (Wildman–Crippen MR) is 99.1 cm³/mol. The average molecular weight is 395 g/mol. The first-order valence-corrected chi connectivity index (χ1v) is 9.04. The number of rotatable bonds is 5. The number of ketones is 1. The molecule has 0 saturated carbocycles. The molecule has 1 atom stereocenters. The molecule has 2 aromatic carbocycles. The standard InChI is InChI=1S/C21H17NO7/c1-12(22-19(24)14-4-2-3-5-15(14)20(22)25)21(26)29-11-16(23)13-6-7-17-18(10-13)28-9-8-27-17/h2-7,10,12H,8-9,11H2,1H3. The van der Waals surface area contributed by atoms with E-state index in [-0.39, 0.29) is 11.1 Å². The number of imide groups is 1. The third-order valence-corrected chi connectivity index (χ3v) is 4.76. The summed E-state index contributed by atoms with van der Waals surface area (Å²) >= 11 is 0. The zero-order valence-electron chi connectivity index (χ0n) is 15.5. The van der Waals surface area contributed by atoms with Gasteiger partial charge in [-0.1, -0.05) is 12.1 Å². The third-order valence-electron chi connectivity index (χ3n) is 4.76. The minimum Gasteiger partial charge on any atom is -0.486 e. The van der Waals surface area contributed by atoms with Crippen molar-refractivity contribution in [3.05, 3.63) is 59.2 Å². The van der Waals surface area contributed by atoms with E-state index in [9.17, 15) is 19.2 Å². The summed E-state index contributed by atoms with van der Waals surface area (Å²) < 4.78 is 15.9. The maximum absolute atomic E-state index is 12.5. The van der Waals surface area contributed by atoms with Crippen LogP contribution in [0.4, 0.5) is 0 Å². The van der Waals surface area contributed by atoms with Crippen LogP contribution in [-0.2, 0) is 9.53 Å². The molecule has 0 radical (unpaired) electrons. The number of esters is 1. The van der Waals surface area contributed by atoms with Gasteiger partial charge in [-0.2, -0.15) is 0 Å². The van der Waals surface area contributed by atoms with Gasteiger partial charge < -0.3 is 14.2 Å². The van der Waals surface area contributed by atoms with Crippen LogP contribution in [0.3, 0.4) is 0 Å². The zero-order chi connectivity index (χ0) is 20.5. The van der Waals surface area contributed by atoms with Gasteiger partial charge >= 0.3 is 5.97 Å². The number of hydrogen-bond donors (Lipinski definition) is 0. The van der Waals surface area contributed by atoms with E-state index in [1.54, 1.807) is 24.3 Å². The number of Topliss-reactive ketones (excluding diaryl/α,β-unsaturated/α-hetero) is 1. The number of nitrogens with zero attached hydrogens (tertiary/aromatic N) is 1. The van der Waals surface area contributed by atoms with Crippen LogP contribution in [0.2, 0.25) is 0 Å². The molecule has 8 heteroatoms. The van der Waals surface area contributed by atoms with Crippen LogP contribution in [-0.4, -0.2) is 54.3 Å². The van der Waals surface area contributed by atoms with Crippen molar-refractivity contribution in [1.29, 1.82) is 0 Å². The number of fused-ring (bicyclic) bond motifs is 2. The van der Waals surface area contributed by atoms with Gasteiger partial charge in [0.15, 0.2) is 23.9 Å². The van der Waals surface area contributed by atoms with Crippen LogP contribution < -0.4 is 9.47 Å². The quantitative estimate of drug-likeness (QED) is 0.433. The van der Waals surface area contributed by atoms with E-state index in [0.717, 1.165) is 4.90 Å². The lowest BCUT2D eigenvalue weighted by molar-refractivity contribution is -0.146. The van der Waals surface area contributed by atoms with Gasteiger partial charge in [0.25, 0.3) is 11.8 Å². The first kappa shape index (κ1) is 18.7. The molecule has 29 heavy (non-hydrogen) atoms. The van der Waals surface area contributed by atoms with Gasteiger partial charge in [-0.05, 0) is 37.3 Å². The number of amides is 2. The Morgan fingerprint density at radius 1 is 1.00 bits per heavy atom. The summed E-state index contributed by atoms with van der Waals surface area (Å²) in [7, 11) is 0. The Hall–Kier alpha value is -3.68. The van der Waals surface area contributed by atoms with Gasteiger partial charge in [-0.3, -0.25) is 19.3 Å². The topological polar surface area (TPSA) is 99.2 Å². The fraction of sp³-hybridized carbons (Fsp3) is 0.238. The summed E-state index contributed by atoms with van der Waals surface area (Å²) in [5.41, 5.74) is 0.782. The molecule has 0 aromatic heterocycles. The zero-order valence-corrected chi connectivity index (χ0v) is 15.5. The lowest BCUT2D eigenvalue weighted by Gasteiger charge is -2.21. The first-order chi connectivity index (χ1) is 14.0. The molecule has 2 aromatic rings. The van der Waals surface area contributed by atoms with E-state index in [2.05, 4.69) is 0 Å². The second kappa shape index (κ2) is 7.38. The highest BCUT2D eigenvalue weighted by Crippen LogP contribution is 2.31. The Kier molecular flexibility index (Phi) is 4.75. The summed E-state index contributed by atoms with van der Waals surface area (Å²) in [6.07, 6.45) is 0. The van der Waals surface area contributed by atoms with Crippen molar-refractivity contribution in [1.82, 2.24) is 4.90 Å². The van der Waals surface area contributed by atoms with E-state index in [0.29, 0.717) is 30.3 Å². The fourth-order valence-corrected chi connectivity index (χ4v) is 3.22. The van der Waals surface area contributed by atoms with Gasteiger partial charge in [0, 0.05) is 5.56 Å². The van der Waals surface area contributed by atoms with Crippen LogP contribution in [0.5, 0.6) is 11.5 Å². The molecule has 2 heterocycles. The highest BCUT2D eigenvalue weighted by atomic mass is 16.6. The number of hydrogen-bond acceptors (Lipinski definition) is 7. The van der Waals surface area contributed by atoms with Gasteiger partial charge in [-0.15, -0.1) is 0 Å². The predicted octanol–water partition coefficient (Wildman–Crippen LogP) is 1.87. The smallest absolute Gasteiger partial charge is 0.329 e. The molecule has 148 valence electrons. The SMILES string of the molecule is CC(C(=O)OCC(=O)c1ccc2c(c1)OCCO2)N1C(=O)c2ccccc2C1=O. The van der Waals surface area contributed by atoms with Crippen LogP contribution in [0.1, 0.15) is 38.0 Å². The first-order valence-electron chi connectivity index (χ1n) is 9.04. The van der Waals surface area contributed by atoms with Crippen LogP contribution in [0.15, 0.2) is 42.5 Å². The van der Waals surface area contributed by atoms with Crippen LogP contribution in [0, 0.1) is 0 Å². The van der Waals surface area contributed by atoms with Crippen molar-refractivity contribution < 1.29 is 33.4 Å². The highest BCUT2D eigenvalue weighted by molar-refractivity contribution is 6.22. The summed E-state index contributed by atoms with van der Waals surface area (Å²) in [5.74, 6) is -1.41. The largest absolute Gasteiger partial charge is 0.486 e. The molecule has 0 aliphatic carbocycles. The maximum atomic E-state index is 12.5. The fourth-order valence-electron chi connectivity index (χ4n) is 3.22. The maximum Gasteiger partial charge on any atom is 0.329 e. The molecular weight excluding hydrogens is 378 g/mol. The Balaban J connectivity index is 1.40. The van der Waals surface area contributed by atoms with Gasteiger partial charge in [0.1, 0.15) is 19.3 Å². The normalized spacial score (nSPS) is 15.7. The molecule has 2 amide bonds. The minimum absolute atomic E-state index is 0.240. The van der Waals surface area contributed by atoms with E-state index in [4.69, 9.17) is 14.2 Å². The molecule has 0 bridgehead atoms. The van der Waals surface area contributed by atoms with E-state index in [1.165, 1.54) is 25.1 Å². The molecular formula is C21H17NO7. The summed E-state index contributed by atoms with van der Waals surface area (Å²) in [6.45, 7) is 1.69. The number of carbonyl (C=O) groups is 4. The van der Waals surface area contributed by atoms with Crippen LogP contribution >= 0.6 is 0 Å². The minimum atomic E-state index is -1.16. The Labute approximate surface area is 166 Å². The molecule has 0 saturated heterocycles. The summed E-state index contributed by atoms with van der Waals surface area (Å²) in [5, 5.41) is 0. The lowest BCUT2D eigenvalue weighted by atomic mass is 10.1. The van der Waals surface area contributed by atoms with E-state index < -0.39 is 36.2 Å². The molecule has 0 spiro atoms. The molecule has 0 N–H and O–H groups in total. The average Bonchev–Trinajstić information content (AvgIpc) is 3.01. The van der Waals surface area contributed by atoms with Gasteiger partial charge in [0.2, 0.25) is 0 Å². The van der Waals surface area contributed by atoms with Crippen molar-refractivity contribution in [3.63, 3.8) is 0 Å².